The monoisotopic (exact) mass is 278 g/mol. The number of ether oxygens (including phenoxy) is 2. The van der Waals surface area contributed by atoms with E-state index in [0.717, 1.165) is 31.7 Å². The Bertz CT molecular complexity index is 405. The van der Waals surface area contributed by atoms with E-state index in [0.29, 0.717) is 13.2 Å². The maximum atomic E-state index is 11.7. The number of aromatic nitrogens is 1. The molecule has 0 spiro atoms. The van der Waals surface area contributed by atoms with Crippen molar-refractivity contribution in [2.24, 2.45) is 0 Å². The highest BCUT2D eigenvalue weighted by atomic mass is 16.5. The summed E-state index contributed by atoms with van der Waals surface area (Å²) in [5.41, 5.74) is 0.954. The maximum absolute atomic E-state index is 11.7. The number of nitrogens with zero attached hydrogens (tertiary/aromatic N) is 2. The van der Waals surface area contributed by atoms with Crippen molar-refractivity contribution < 1.29 is 14.3 Å². The van der Waals surface area contributed by atoms with Crippen LogP contribution in [-0.4, -0.2) is 48.3 Å². The summed E-state index contributed by atoms with van der Waals surface area (Å²) < 4.78 is 10.7. The van der Waals surface area contributed by atoms with Crippen LogP contribution >= 0.6 is 0 Å². The summed E-state index contributed by atoms with van der Waals surface area (Å²) in [4.78, 5) is 18.1. The van der Waals surface area contributed by atoms with Crippen molar-refractivity contribution in [3.05, 3.63) is 30.1 Å². The first kappa shape index (κ1) is 14.9. The van der Waals surface area contributed by atoms with Crippen LogP contribution in [0, 0.1) is 0 Å². The van der Waals surface area contributed by atoms with E-state index in [2.05, 4.69) is 9.88 Å². The second kappa shape index (κ2) is 7.97. The Balaban J connectivity index is 1.93. The van der Waals surface area contributed by atoms with Gasteiger partial charge in [-0.1, -0.05) is 6.07 Å². The number of esters is 1. The van der Waals surface area contributed by atoms with Gasteiger partial charge in [-0.2, -0.15) is 0 Å². The first-order valence-corrected chi connectivity index (χ1v) is 7.17. The lowest BCUT2D eigenvalue weighted by Crippen LogP contribution is -2.36. The highest BCUT2D eigenvalue weighted by Crippen LogP contribution is 2.14. The fourth-order valence-corrected chi connectivity index (χ4v) is 2.37. The maximum Gasteiger partial charge on any atom is 0.320 e. The molecule has 110 valence electrons. The lowest BCUT2D eigenvalue weighted by Gasteiger charge is -2.23. The lowest BCUT2D eigenvalue weighted by atomic mass is 10.2. The molecule has 5 nitrogen and oxygen atoms in total. The fraction of sp³-hybridized carbons (Fsp3) is 0.600. The highest BCUT2D eigenvalue weighted by molar-refractivity contribution is 5.71. The standard InChI is InChI=1S/C15H22N2O3/c1-2-19-15(18)12-17(11-14-7-5-9-20-14)10-13-6-3-4-8-16-13/h3-4,6,8,14H,2,5,7,9-12H2,1H3/t14-/m1/s1. The zero-order valence-electron chi connectivity index (χ0n) is 12.0. The van der Waals surface area contributed by atoms with Gasteiger partial charge in [0.1, 0.15) is 0 Å². The van der Waals surface area contributed by atoms with E-state index in [1.165, 1.54) is 0 Å². The zero-order chi connectivity index (χ0) is 14.2. The van der Waals surface area contributed by atoms with E-state index in [-0.39, 0.29) is 18.6 Å². The molecule has 0 saturated carbocycles. The van der Waals surface area contributed by atoms with Crippen LogP contribution < -0.4 is 0 Å². The second-order valence-corrected chi connectivity index (χ2v) is 4.93. The Morgan fingerprint density at radius 3 is 3.10 bits per heavy atom. The summed E-state index contributed by atoms with van der Waals surface area (Å²) in [7, 11) is 0. The minimum Gasteiger partial charge on any atom is -0.465 e. The van der Waals surface area contributed by atoms with Gasteiger partial charge in [0, 0.05) is 25.9 Å². The van der Waals surface area contributed by atoms with E-state index < -0.39 is 0 Å². The molecule has 0 radical (unpaired) electrons. The van der Waals surface area contributed by atoms with Gasteiger partial charge in [-0.3, -0.25) is 14.7 Å². The summed E-state index contributed by atoms with van der Waals surface area (Å²) in [5.74, 6) is -0.193. The first-order valence-electron chi connectivity index (χ1n) is 7.17. The van der Waals surface area contributed by atoms with Crippen LogP contribution in [0.4, 0.5) is 0 Å². The van der Waals surface area contributed by atoms with Crippen LogP contribution in [0.5, 0.6) is 0 Å². The van der Waals surface area contributed by atoms with Crippen molar-refractivity contribution in [2.45, 2.75) is 32.4 Å². The van der Waals surface area contributed by atoms with Crippen molar-refractivity contribution in [2.75, 3.05) is 26.3 Å². The minimum absolute atomic E-state index is 0.193. The Morgan fingerprint density at radius 2 is 2.45 bits per heavy atom. The Kier molecular flexibility index (Phi) is 5.95. The smallest absolute Gasteiger partial charge is 0.320 e. The van der Waals surface area contributed by atoms with Gasteiger partial charge in [-0.05, 0) is 31.9 Å². The molecular weight excluding hydrogens is 256 g/mol. The van der Waals surface area contributed by atoms with Crippen molar-refractivity contribution in [3.8, 4) is 0 Å². The van der Waals surface area contributed by atoms with Gasteiger partial charge < -0.3 is 9.47 Å². The molecule has 0 aliphatic carbocycles. The van der Waals surface area contributed by atoms with Crippen LogP contribution in [0.3, 0.4) is 0 Å². The number of carbonyl (C=O) groups excluding carboxylic acids is 1. The van der Waals surface area contributed by atoms with Crippen molar-refractivity contribution in [1.29, 1.82) is 0 Å². The molecule has 0 unspecified atom stereocenters. The topological polar surface area (TPSA) is 51.7 Å². The molecule has 1 atom stereocenters. The van der Waals surface area contributed by atoms with Gasteiger partial charge in [0.25, 0.3) is 0 Å². The molecule has 0 amide bonds. The quantitative estimate of drug-likeness (QED) is 0.709. The molecule has 1 aliphatic heterocycles. The van der Waals surface area contributed by atoms with Gasteiger partial charge >= 0.3 is 5.97 Å². The van der Waals surface area contributed by atoms with Crippen molar-refractivity contribution >= 4 is 5.97 Å². The minimum atomic E-state index is -0.193. The van der Waals surface area contributed by atoms with Crippen molar-refractivity contribution in [3.63, 3.8) is 0 Å². The molecule has 0 bridgehead atoms. The van der Waals surface area contributed by atoms with Crippen LogP contribution in [0.1, 0.15) is 25.5 Å². The van der Waals surface area contributed by atoms with Crippen LogP contribution in [0.15, 0.2) is 24.4 Å². The predicted octanol–water partition coefficient (Wildman–Crippen LogP) is 1.63. The SMILES string of the molecule is CCOC(=O)CN(Cc1ccccn1)C[C@H]1CCCO1. The van der Waals surface area contributed by atoms with E-state index in [1.54, 1.807) is 6.20 Å². The third-order valence-electron chi connectivity index (χ3n) is 3.26. The van der Waals surface area contributed by atoms with Crippen LogP contribution in [0.25, 0.3) is 0 Å². The summed E-state index contributed by atoms with van der Waals surface area (Å²) >= 11 is 0. The number of pyridine rings is 1. The first-order chi connectivity index (χ1) is 9.78. The third kappa shape index (κ3) is 4.90. The molecule has 2 heterocycles. The number of rotatable bonds is 7. The van der Waals surface area contributed by atoms with E-state index in [4.69, 9.17) is 9.47 Å². The summed E-state index contributed by atoms with van der Waals surface area (Å²) in [6.45, 7) is 4.72. The molecule has 1 saturated heterocycles. The lowest BCUT2D eigenvalue weighted by molar-refractivity contribution is -0.144. The second-order valence-electron chi connectivity index (χ2n) is 4.93. The Hall–Kier alpha value is -1.46. The highest BCUT2D eigenvalue weighted by Gasteiger charge is 2.21. The molecule has 1 aliphatic rings. The molecule has 2 rings (SSSR count). The van der Waals surface area contributed by atoms with E-state index >= 15 is 0 Å². The van der Waals surface area contributed by atoms with Gasteiger partial charge in [-0.15, -0.1) is 0 Å². The van der Waals surface area contributed by atoms with Gasteiger partial charge in [0.05, 0.1) is 24.9 Å². The molecule has 0 N–H and O–H groups in total. The average molecular weight is 278 g/mol. The predicted molar refractivity (Wildman–Crippen MR) is 75.1 cm³/mol. The molecule has 5 heteroatoms. The average Bonchev–Trinajstić information content (AvgIpc) is 2.93. The summed E-state index contributed by atoms with van der Waals surface area (Å²) in [6.07, 6.45) is 4.14. The Morgan fingerprint density at radius 1 is 1.55 bits per heavy atom. The van der Waals surface area contributed by atoms with Gasteiger partial charge in [0.2, 0.25) is 0 Å². The van der Waals surface area contributed by atoms with E-state index in [1.807, 2.05) is 25.1 Å². The molecule has 1 aromatic heterocycles. The summed E-state index contributed by atoms with van der Waals surface area (Å²) in [6, 6.07) is 5.81. The molecule has 1 fully saturated rings. The fourth-order valence-electron chi connectivity index (χ4n) is 2.37. The molecular formula is C15H22N2O3. The number of hydrogen-bond acceptors (Lipinski definition) is 5. The third-order valence-corrected chi connectivity index (χ3v) is 3.26. The van der Waals surface area contributed by atoms with Gasteiger partial charge in [0.15, 0.2) is 0 Å². The number of hydrogen-bond donors (Lipinski definition) is 0. The Labute approximate surface area is 119 Å². The molecule has 1 aromatic rings. The van der Waals surface area contributed by atoms with Crippen LogP contribution in [-0.2, 0) is 20.8 Å². The van der Waals surface area contributed by atoms with Gasteiger partial charge in [-0.25, -0.2) is 0 Å². The normalized spacial score (nSPS) is 18.4. The largest absolute Gasteiger partial charge is 0.465 e. The summed E-state index contributed by atoms with van der Waals surface area (Å²) in [5, 5.41) is 0. The van der Waals surface area contributed by atoms with E-state index in [9.17, 15) is 4.79 Å². The molecule has 0 aromatic carbocycles. The van der Waals surface area contributed by atoms with Crippen LogP contribution in [0.2, 0.25) is 0 Å². The zero-order valence-corrected chi connectivity index (χ0v) is 12.0. The van der Waals surface area contributed by atoms with Crippen molar-refractivity contribution in [1.82, 2.24) is 9.88 Å². The number of carbonyl (C=O) groups is 1. The molecule has 20 heavy (non-hydrogen) atoms.